The molecular formula is C17H21BrN2O2. The number of hydrogen-bond acceptors (Lipinski definition) is 3. The summed E-state index contributed by atoms with van der Waals surface area (Å²) in [6, 6.07) is 11.9. The summed E-state index contributed by atoms with van der Waals surface area (Å²) in [4.78, 5) is 14.1. The van der Waals surface area contributed by atoms with E-state index >= 15 is 0 Å². The zero-order valence-electron chi connectivity index (χ0n) is 12.9. The molecule has 1 N–H and O–H groups in total. The van der Waals surface area contributed by atoms with Crippen LogP contribution in [0.15, 0.2) is 51.6 Å². The van der Waals surface area contributed by atoms with Gasteiger partial charge in [0, 0.05) is 4.47 Å². The molecule has 0 unspecified atom stereocenters. The maximum atomic E-state index is 12.2. The van der Waals surface area contributed by atoms with Gasteiger partial charge in [0.15, 0.2) is 0 Å². The average Bonchev–Trinajstić information content (AvgIpc) is 2.98. The van der Waals surface area contributed by atoms with Crippen molar-refractivity contribution >= 4 is 21.8 Å². The molecule has 0 radical (unpaired) electrons. The molecule has 1 aromatic carbocycles. The van der Waals surface area contributed by atoms with E-state index in [0.29, 0.717) is 13.1 Å². The van der Waals surface area contributed by atoms with Gasteiger partial charge in [-0.25, -0.2) is 0 Å². The van der Waals surface area contributed by atoms with Crippen molar-refractivity contribution in [1.82, 2.24) is 10.2 Å². The van der Waals surface area contributed by atoms with Crippen molar-refractivity contribution in [2.75, 3.05) is 13.6 Å². The van der Waals surface area contributed by atoms with Crippen molar-refractivity contribution in [3.05, 3.63) is 58.5 Å². The molecule has 0 spiro atoms. The first-order valence-electron chi connectivity index (χ1n) is 7.34. The van der Waals surface area contributed by atoms with Gasteiger partial charge in [0.05, 0.1) is 25.4 Å². The summed E-state index contributed by atoms with van der Waals surface area (Å²) in [5.41, 5.74) is 1.12. The van der Waals surface area contributed by atoms with Gasteiger partial charge in [0.2, 0.25) is 5.91 Å². The lowest BCUT2D eigenvalue weighted by atomic mass is 10.0. The van der Waals surface area contributed by atoms with E-state index in [1.807, 2.05) is 48.3 Å². The third-order valence-electron chi connectivity index (χ3n) is 3.44. The summed E-state index contributed by atoms with van der Waals surface area (Å²) >= 11 is 3.43. The van der Waals surface area contributed by atoms with Gasteiger partial charge < -0.3 is 9.73 Å². The predicted molar refractivity (Wildman–Crippen MR) is 90.4 cm³/mol. The molecule has 0 bridgehead atoms. The quantitative estimate of drug-likeness (QED) is 0.813. The molecule has 1 atom stereocenters. The molecule has 0 aliphatic carbocycles. The zero-order chi connectivity index (χ0) is 15.9. The van der Waals surface area contributed by atoms with Crippen LogP contribution in [0.3, 0.4) is 0 Å². The summed E-state index contributed by atoms with van der Waals surface area (Å²) in [6.07, 6.45) is 2.50. The van der Waals surface area contributed by atoms with Crippen molar-refractivity contribution in [2.45, 2.75) is 25.9 Å². The minimum absolute atomic E-state index is 0.0174. The molecule has 0 fully saturated rings. The number of carbonyl (C=O) groups is 1. The van der Waals surface area contributed by atoms with Gasteiger partial charge in [-0.3, -0.25) is 9.69 Å². The number of likely N-dealkylation sites (N-methyl/N-ethyl adjacent to an activating group) is 1. The van der Waals surface area contributed by atoms with E-state index in [4.69, 9.17) is 4.42 Å². The van der Waals surface area contributed by atoms with Gasteiger partial charge in [-0.05, 0) is 43.3 Å². The Bertz CT molecular complexity index is 581. The van der Waals surface area contributed by atoms with Crippen molar-refractivity contribution in [3.63, 3.8) is 0 Å². The Balaban J connectivity index is 1.87. The molecule has 1 aromatic heterocycles. The first-order chi connectivity index (χ1) is 10.6. The fourth-order valence-corrected chi connectivity index (χ4v) is 2.59. The average molecular weight is 365 g/mol. The van der Waals surface area contributed by atoms with E-state index in [2.05, 4.69) is 28.2 Å². The van der Waals surface area contributed by atoms with Crippen molar-refractivity contribution in [1.29, 1.82) is 0 Å². The van der Waals surface area contributed by atoms with Gasteiger partial charge in [-0.1, -0.05) is 35.0 Å². The van der Waals surface area contributed by atoms with Gasteiger partial charge in [-0.15, -0.1) is 0 Å². The highest BCUT2D eigenvalue weighted by molar-refractivity contribution is 9.10. The number of hydrogen-bond donors (Lipinski definition) is 1. The Morgan fingerprint density at radius 2 is 2.05 bits per heavy atom. The Labute approximate surface area is 139 Å². The lowest BCUT2D eigenvalue weighted by Gasteiger charge is -2.20. The minimum atomic E-state index is 0.0174. The molecule has 1 amide bonds. The number of nitrogens with zero attached hydrogens (tertiary/aromatic N) is 1. The lowest BCUT2D eigenvalue weighted by Crippen LogP contribution is -2.36. The Morgan fingerprint density at radius 1 is 1.32 bits per heavy atom. The Morgan fingerprint density at radius 3 is 2.64 bits per heavy atom. The van der Waals surface area contributed by atoms with E-state index in [0.717, 1.165) is 22.2 Å². The molecule has 0 saturated carbocycles. The van der Waals surface area contributed by atoms with Crippen molar-refractivity contribution in [3.8, 4) is 0 Å². The molecule has 4 nitrogen and oxygen atoms in total. The van der Waals surface area contributed by atoms with Gasteiger partial charge >= 0.3 is 0 Å². The van der Waals surface area contributed by atoms with E-state index in [-0.39, 0.29) is 11.9 Å². The Kier molecular flexibility index (Phi) is 6.21. The minimum Gasteiger partial charge on any atom is -0.468 e. The summed E-state index contributed by atoms with van der Waals surface area (Å²) in [7, 11) is 1.91. The number of carbonyl (C=O) groups excluding carboxylic acids is 1. The topological polar surface area (TPSA) is 45.5 Å². The SMILES string of the molecule is CC[C@H](NC(=O)CN(C)Cc1ccco1)c1ccc(Br)cc1. The highest BCUT2D eigenvalue weighted by Crippen LogP contribution is 2.19. The molecule has 2 rings (SSSR count). The van der Waals surface area contributed by atoms with Crippen LogP contribution in [0.1, 0.15) is 30.7 Å². The fraction of sp³-hybridized carbons (Fsp3) is 0.353. The smallest absolute Gasteiger partial charge is 0.234 e. The van der Waals surface area contributed by atoms with Gasteiger partial charge in [-0.2, -0.15) is 0 Å². The van der Waals surface area contributed by atoms with Crippen LogP contribution in [0, 0.1) is 0 Å². The number of nitrogens with one attached hydrogen (secondary N) is 1. The summed E-state index contributed by atoms with van der Waals surface area (Å²) in [5.74, 6) is 0.874. The van der Waals surface area contributed by atoms with Crippen molar-refractivity contribution < 1.29 is 9.21 Å². The molecule has 0 aliphatic rings. The predicted octanol–water partition coefficient (Wildman–Crippen LogP) is 3.74. The van der Waals surface area contributed by atoms with Crippen LogP contribution >= 0.6 is 15.9 Å². The number of halogens is 1. The molecular weight excluding hydrogens is 344 g/mol. The second kappa shape index (κ2) is 8.15. The van der Waals surface area contributed by atoms with Crippen LogP contribution in [0.5, 0.6) is 0 Å². The van der Waals surface area contributed by atoms with E-state index in [1.54, 1.807) is 6.26 Å². The summed E-state index contributed by atoms with van der Waals surface area (Å²) in [6.45, 7) is 3.03. The van der Waals surface area contributed by atoms with Crippen LogP contribution < -0.4 is 5.32 Å². The van der Waals surface area contributed by atoms with Gasteiger partial charge in [0.1, 0.15) is 5.76 Å². The fourth-order valence-electron chi connectivity index (χ4n) is 2.33. The molecule has 22 heavy (non-hydrogen) atoms. The monoisotopic (exact) mass is 364 g/mol. The number of furan rings is 1. The second-order valence-corrected chi connectivity index (χ2v) is 6.25. The molecule has 2 aromatic rings. The molecule has 1 heterocycles. The van der Waals surface area contributed by atoms with Crippen LogP contribution in [-0.4, -0.2) is 24.4 Å². The first kappa shape index (κ1) is 16.8. The largest absolute Gasteiger partial charge is 0.468 e. The van der Waals surface area contributed by atoms with Crippen LogP contribution in [0.2, 0.25) is 0 Å². The highest BCUT2D eigenvalue weighted by Gasteiger charge is 2.14. The van der Waals surface area contributed by atoms with Crippen LogP contribution in [0.4, 0.5) is 0 Å². The van der Waals surface area contributed by atoms with E-state index in [9.17, 15) is 4.79 Å². The van der Waals surface area contributed by atoms with E-state index < -0.39 is 0 Å². The number of amides is 1. The van der Waals surface area contributed by atoms with Crippen LogP contribution in [-0.2, 0) is 11.3 Å². The number of rotatable bonds is 7. The first-order valence-corrected chi connectivity index (χ1v) is 8.13. The van der Waals surface area contributed by atoms with E-state index in [1.165, 1.54) is 0 Å². The maximum Gasteiger partial charge on any atom is 0.234 e. The molecule has 0 saturated heterocycles. The lowest BCUT2D eigenvalue weighted by molar-refractivity contribution is -0.122. The Hall–Kier alpha value is -1.59. The molecule has 5 heteroatoms. The number of benzene rings is 1. The molecule has 118 valence electrons. The maximum absolute atomic E-state index is 12.2. The highest BCUT2D eigenvalue weighted by atomic mass is 79.9. The second-order valence-electron chi connectivity index (χ2n) is 5.33. The summed E-state index contributed by atoms with van der Waals surface area (Å²) < 4.78 is 6.33. The normalized spacial score (nSPS) is 12.4. The van der Waals surface area contributed by atoms with Crippen LogP contribution in [0.25, 0.3) is 0 Å². The molecule has 0 aliphatic heterocycles. The third-order valence-corrected chi connectivity index (χ3v) is 3.96. The zero-order valence-corrected chi connectivity index (χ0v) is 14.5. The van der Waals surface area contributed by atoms with Crippen molar-refractivity contribution in [2.24, 2.45) is 0 Å². The summed E-state index contributed by atoms with van der Waals surface area (Å²) in [5, 5.41) is 3.09. The third kappa shape index (κ3) is 5.00. The van der Waals surface area contributed by atoms with Gasteiger partial charge in [0.25, 0.3) is 0 Å². The standard InChI is InChI=1S/C17H21BrN2O2/c1-3-16(13-6-8-14(18)9-7-13)19-17(21)12-20(2)11-15-5-4-10-22-15/h4-10,16H,3,11-12H2,1-2H3,(H,19,21)/t16-/m0/s1.